The number of carbonyl (C=O) groups is 1. The average Bonchev–Trinajstić information content (AvgIpc) is 2.42. The maximum absolute atomic E-state index is 11.2. The molecule has 2 aromatic rings. The lowest BCUT2D eigenvalue weighted by molar-refractivity contribution is 0.0696. The van der Waals surface area contributed by atoms with E-state index in [2.05, 4.69) is 26.2 Å². The Hall–Kier alpha value is -1.88. The van der Waals surface area contributed by atoms with Gasteiger partial charge in [0.05, 0.1) is 11.3 Å². The summed E-state index contributed by atoms with van der Waals surface area (Å²) < 4.78 is 0.904. The molecular formula is C16H17BrN2O2. The number of nitrogens with one attached hydrogen (secondary N) is 1. The first-order valence-electron chi connectivity index (χ1n) is 6.65. The number of benzene rings is 1. The van der Waals surface area contributed by atoms with Gasteiger partial charge in [-0.2, -0.15) is 0 Å². The zero-order valence-electron chi connectivity index (χ0n) is 12.1. The fourth-order valence-electron chi connectivity index (χ4n) is 1.91. The number of carboxylic acids is 1. The molecule has 1 aromatic carbocycles. The van der Waals surface area contributed by atoms with Gasteiger partial charge in [-0.25, -0.2) is 9.78 Å². The van der Waals surface area contributed by atoms with E-state index < -0.39 is 5.97 Å². The highest BCUT2D eigenvalue weighted by molar-refractivity contribution is 9.10. The Morgan fingerprint density at radius 2 is 2.00 bits per heavy atom. The van der Waals surface area contributed by atoms with Crippen molar-refractivity contribution >= 4 is 33.4 Å². The molecule has 0 amide bonds. The van der Waals surface area contributed by atoms with E-state index in [0.29, 0.717) is 5.82 Å². The number of anilines is 2. The van der Waals surface area contributed by atoms with Gasteiger partial charge in [0.1, 0.15) is 5.82 Å². The molecule has 0 saturated carbocycles. The number of halogens is 1. The van der Waals surface area contributed by atoms with E-state index >= 15 is 0 Å². The molecule has 0 aliphatic rings. The monoisotopic (exact) mass is 348 g/mol. The van der Waals surface area contributed by atoms with Crippen LogP contribution in [0.25, 0.3) is 0 Å². The molecule has 4 nitrogen and oxygen atoms in total. The van der Waals surface area contributed by atoms with Crippen LogP contribution in [0.4, 0.5) is 11.5 Å². The number of carboxylic acid groups (broad SMARTS) is 1. The minimum atomic E-state index is -0.953. The van der Waals surface area contributed by atoms with Crippen molar-refractivity contribution in [2.24, 2.45) is 0 Å². The van der Waals surface area contributed by atoms with Gasteiger partial charge in [-0.05, 0) is 58.6 Å². The van der Waals surface area contributed by atoms with Crippen LogP contribution in [-0.4, -0.2) is 16.1 Å². The van der Waals surface area contributed by atoms with E-state index in [1.165, 1.54) is 0 Å². The number of aromatic nitrogens is 1. The van der Waals surface area contributed by atoms with Gasteiger partial charge in [0, 0.05) is 10.2 Å². The van der Waals surface area contributed by atoms with Gasteiger partial charge >= 0.3 is 5.97 Å². The summed E-state index contributed by atoms with van der Waals surface area (Å²) in [6, 6.07) is 9.08. The molecule has 0 bridgehead atoms. The van der Waals surface area contributed by atoms with Gasteiger partial charge < -0.3 is 10.4 Å². The van der Waals surface area contributed by atoms with E-state index in [1.807, 2.05) is 39.0 Å². The van der Waals surface area contributed by atoms with E-state index in [4.69, 9.17) is 0 Å². The van der Waals surface area contributed by atoms with E-state index in [-0.39, 0.29) is 11.5 Å². The highest BCUT2D eigenvalue weighted by Crippen LogP contribution is 2.27. The zero-order valence-corrected chi connectivity index (χ0v) is 13.7. The van der Waals surface area contributed by atoms with Crippen LogP contribution in [0.2, 0.25) is 0 Å². The Morgan fingerprint density at radius 3 is 2.62 bits per heavy atom. The predicted octanol–water partition coefficient (Wildman–Crippen LogP) is 4.72. The summed E-state index contributed by atoms with van der Waals surface area (Å²) in [6.45, 7) is 5.97. The van der Waals surface area contributed by atoms with Crippen LogP contribution in [0.15, 0.2) is 34.8 Å². The second-order valence-corrected chi connectivity index (χ2v) is 6.09. The third-order valence-electron chi connectivity index (χ3n) is 3.07. The predicted molar refractivity (Wildman–Crippen MR) is 87.4 cm³/mol. The standard InChI is InChI=1S/C16H17BrN2O2/c1-9(2)13-7-11(16(20)21)8-15(18-13)19-14-6-10(3)4-5-12(14)17/h4-9H,1-3H3,(H,18,19)(H,20,21). The molecule has 110 valence electrons. The Balaban J connectivity index is 2.43. The molecule has 0 radical (unpaired) electrons. The van der Waals surface area contributed by atoms with Crippen molar-refractivity contribution in [3.63, 3.8) is 0 Å². The Bertz CT molecular complexity index is 684. The minimum absolute atomic E-state index is 0.158. The van der Waals surface area contributed by atoms with Crippen LogP contribution in [-0.2, 0) is 0 Å². The first-order chi connectivity index (χ1) is 9.86. The molecule has 1 aromatic heterocycles. The van der Waals surface area contributed by atoms with Crippen molar-refractivity contribution in [3.05, 3.63) is 51.6 Å². The highest BCUT2D eigenvalue weighted by atomic mass is 79.9. The molecule has 0 spiro atoms. The lowest BCUT2D eigenvalue weighted by atomic mass is 10.1. The largest absolute Gasteiger partial charge is 0.478 e. The van der Waals surface area contributed by atoms with E-state index in [0.717, 1.165) is 21.4 Å². The highest BCUT2D eigenvalue weighted by Gasteiger charge is 2.11. The quantitative estimate of drug-likeness (QED) is 0.839. The van der Waals surface area contributed by atoms with Gasteiger partial charge in [0.15, 0.2) is 0 Å². The van der Waals surface area contributed by atoms with Crippen molar-refractivity contribution in [2.75, 3.05) is 5.32 Å². The van der Waals surface area contributed by atoms with Gasteiger partial charge in [-0.1, -0.05) is 19.9 Å². The number of pyridine rings is 1. The van der Waals surface area contributed by atoms with Crippen LogP contribution in [0.1, 0.15) is 41.4 Å². The fourth-order valence-corrected chi connectivity index (χ4v) is 2.25. The fraction of sp³-hybridized carbons (Fsp3) is 0.250. The Labute approximate surface area is 132 Å². The molecule has 2 N–H and O–H groups in total. The molecule has 0 unspecified atom stereocenters. The molecule has 21 heavy (non-hydrogen) atoms. The number of aromatic carboxylic acids is 1. The molecule has 0 saturated heterocycles. The molecule has 2 rings (SSSR count). The summed E-state index contributed by atoms with van der Waals surface area (Å²) in [5.74, 6) is -0.263. The summed E-state index contributed by atoms with van der Waals surface area (Å²) in [4.78, 5) is 15.7. The maximum atomic E-state index is 11.2. The number of aryl methyl sites for hydroxylation is 1. The van der Waals surface area contributed by atoms with Crippen molar-refractivity contribution in [3.8, 4) is 0 Å². The molecule has 0 aliphatic heterocycles. The van der Waals surface area contributed by atoms with Crippen LogP contribution in [0.5, 0.6) is 0 Å². The van der Waals surface area contributed by atoms with Crippen LogP contribution in [0, 0.1) is 6.92 Å². The van der Waals surface area contributed by atoms with Crippen LogP contribution in [0.3, 0.4) is 0 Å². The lowest BCUT2D eigenvalue weighted by Crippen LogP contribution is -2.05. The van der Waals surface area contributed by atoms with Gasteiger partial charge in [-0.15, -0.1) is 0 Å². The number of hydrogen-bond donors (Lipinski definition) is 2. The van der Waals surface area contributed by atoms with Crippen molar-refractivity contribution in [1.29, 1.82) is 0 Å². The molecule has 0 fully saturated rings. The van der Waals surface area contributed by atoms with Crippen molar-refractivity contribution in [1.82, 2.24) is 4.98 Å². The van der Waals surface area contributed by atoms with E-state index in [9.17, 15) is 9.90 Å². The lowest BCUT2D eigenvalue weighted by Gasteiger charge is -2.12. The summed E-state index contributed by atoms with van der Waals surface area (Å²) >= 11 is 3.48. The molecule has 0 atom stereocenters. The van der Waals surface area contributed by atoms with Crippen molar-refractivity contribution in [2.45, 2.75) is 26.7 Å². The second-order valence-electron chi connectivity index (χ2n) is 5.23. The number of rotatable bonds is 4. The normalized spacial score (nSPS) is 10.7. The summed E-state index contributed by atoms with van der Waals surface area (Å²) in [5.41, 5.74) is 2.96. The topological polar surface area (TPSA) is 62.2 Å². The second kappa shape index (κ2) is 6.26. The first-order valence-corrected chi connectivity index (χ1v) is 7.44. The summed E-state index contributed by atoms with van der Waals surface area (Å²) in [6.07, 6.45) is 0. The van der Waals surface area contributed by atoms with Gasteiger partial charge in [0.2, 0.25) is 0 Å². The van der Waals surface area contributed by atoms with E-state index in [1.54, 1.807) is 12.1 Å². The Kier molecular flexibility index (Phi) is 4.63. The van der Waals surface area contributed by atoms with Crippen LogP contribution < -0.4 is 5.32 Å². The van der Waals surface area contributed by atoms with Gasteiger partial charge in [0.25, 0.3) is 0 Å². The molecular weight excluding hydrogens is 332 g/mol. The summed E-state index contributed by atoms with van der Waals surface area (Å²) in [7, 11) is 0. The zero-order chi connectivity index (χ0) is 15.6. The average molecular weight is 349 g/mol. The Morgan fingerprint density at radius 1 is 1.29 bits per heavy atom. The molecule has 1 heterocycles. The maximum Gasteiger partial charge on any atom is 0.335 e. The number of hydrogen-bond acceptors (Lipinski definition) is 3. The summed E-state index contributed by atoms with van der Waals surface area (Å²) in [5, 5.41) is 12.4. The number of nitrogens with zero attached hydrogens (tertiary/aromatic N) is 1. The minimum Gasteiger partial charge on any atom is -0.478 e. The van der Waals surface area contributed by atoms with Gasteiger partial charge in [-0.3, -0.25) is 0 Å². The third-order valence-corrected chi connectivity index (χ3v) is 3.76. The third kappa shape index (κ3) is 3.82. The first kappa shape index (κ1) is 15.5. The van der Waals surface area contributed by atoms with Crippen LogP contribution >= 0.6 is 15.9 Å². The smallest absolute Gasteiger partial charge is 0.335 e. The molecule has 5 heteroatoms. The SMILES string of the molecule is Cc1ccc(Br)c(Nc2cc(C(=O)O)cc(C(C)C)n2)c1. The molecule has 0 aliphatic carbocycles. The van der Waals surface area contributed by atoms with Crippen molar-refractivity contribution < 1.29 is 9.90 Å².